The smallest absolute Gasteiger partial charge is 0.208 e. The number of halogens is 1. The van der Waals surface area contributed by atoms with E-state index in [1.54, 1.807) is 0 Å². The van der Waals surface area contributed by atoms with Gasteiger partial charge in [-0.1, -0.05) is 35.7 Å². The number of anilines is 1. The fraction of sp³-hybridized carbons (Fsp3) is 0.350. The average Bonchev–Trinajstić information content (AvgIpc) is 3.28. The molecule has 9 nitrogen and oxygen atoms in total. The predicted molar refractivity (Wildman–Crippen MR) is 109 cm³/mol. The molecule has 30 heavy (non-hydrogen) atoms. The fourth-order valence-electron chi connectivity index (χ4n) is 3.33. The second kappa shape index (κ2) is 8.55. The van der Waals surface area contributed by atoms with Gasteiger partial charge in [0.15, 0.2) is 17.7 Å². The van der Waals surface area contributed by atoms with Crippen molar-refractivity contribution in [2.24, 2.45) is 0 Å². The van der Waals surface area contributed by atoms with Gasteiger partial charge in [-0.05, 0) is 24.0 Å². The summed E-state index contributed by atoms with van der Waals surface area (Å²) < 4.78 is 7.00. The number of hydrogen-bond donors (Lipinski definition) is 4. The van der Waals surface area contributed by atoms with Crippen LogP contribution >= 0.6 is 11.6 Å². The highest BCUT2D eigenvalue weighted by Crippen LogP contribution is 2.31. The van der Waals surface area contributed by atoms with Crippen molar-refractivity contribution in [3.05, 3.63) is 47.0 Å². The number of fused-ring (bicyclic) bond motifs is 1. The van der Waals surface area contributed by atoms with Crippen LogP contribution in [0.1, 0.15) is 24.0 Å². The maximum absolute atomic E-state index is 10.3. The van der Waals surface area contributed by atoms with Crippen LogP contribution in [-0.4, -0.2) is 59.8 Å². The molecule has 1 fully saturated rings. The van der Waals surface area contributed by atoms with Gasteiger partial charge in [0.25, 0.3) is 0 Å². The molecule has 3 aromatic rings. The number of imidazole rings is 1. The highest BCUT2D eigenvalue weighted by molar-refractivity contribution is 6.31. The minimum atomic E-state index is -1.26. The van der Waals surface area contributed by atoms with Gasteiger partial charge in [0.2, 0.25) is 5.82 Å². The molecule has 1 aromatic carbocycles. The molecule has 10 heteroatoms. The summed E-state index contributed by atoms with van der Waals surface area (Å²) in [7, 11) is 0. The summed E-state index contributed by atoms with van der Waals surface area (Å²) in [6.45, 7) is -0.430. The Morgan fingerprint density at radius 3 is 2.73 bits per heavy atom. The Labute approximate surface area is 177 Å². The summed E-state index contributed by atoms with van der Waals surface area (Å²) in [5.41, 5.74) is 7.64. The van der Waals surface area contributed by atoms with Gasteiger partial charge in [0, 0.05) is 11.4 Å². The van der Waals surface area contributed by atoms with E-state index in [1.165, 1.54) is 10.9 Å². The van der Waals surface area contributed by atoms with Crippen molar-refractivity contribution in [2.75, 3.05) is 12.3 Å². The van der Waals surface area contributed by atoms with E-state index in [9.17, 15) is 15.3 Å². The van der Waals surface area contributed by atoms with Crippen LogP contribution in [0.2, 0.25) is 5.02 Å². The van der Waals surface area contributed by atoms with Crippen molar-refractivity contribution >= 4 is 28.6 Å². The Balaban J connectivity index is 1.58. The van der Waals surface area contributed by atoms with Crippen LogP contribution in [0.5, 0.6) is 0 Å². The molecule has 2 aromatic heterocycles. The van der Waals surface area contributed by atoms with Crippen molar-refractivity contribution in [3.63, 3.8) is 0 Å². The molecule has 1 aliphatic rings. The van der Waals surface area contributed by atoms with Crippen LogP contribution in [0, 0.1) is 11.8 Å². The standard InChI is InChI=1S/C20H20ClN5O4/c21-12-7-3-1-5-11(12)6-2-4-8-14-24-18(22)15-19(25-14)26(10-23-15)20-17(29)16(28)13(9-27)30-20/h1,3,5,7,10,13,16-17,20,27-29H,2,6,9H2,(H2,22,24,25)/t13-,16-,17-,20-/m1/s1. The van der Waals surface area contributed by atoms with E-state index in [2.05, 4.69) is 26.8 Å². The lowest BCUT2D eigenvalue weighted by molar-refractivity contribution is -0.0511. The van der Waals surface area contributed by atoms with Gasteiger partial charge in [0.05, 0.1) is 12.9 Å². The molecule has 1 aliphatic heterocycles. The number of rotatable bonds is 4. The van der Waals surface area contributed by atoms with Crippen molar-refractivity contribution in [1.29, 1.82) is 0 Å². The van der Waals surface area contributed by atoms with Gasteiger partial charge >= 0.3 is 0 Å². The molecule has 1 saturated heterocycles. The molecular weight excluding hydrogens is 410 g/mol. The van der Waals surface area contributed by atoms with E-state index in [1.807, 2.05) is 24.3 Å². The monoisotopic (exact) mass is 429 g/mol. The van der Waals surface area contributed by atoms with E-state index in [0.29, 0.717) is 29.0 Å². The molecule has 0 bridgehead atoms. The number of nitrogen functional groups attached to an aromatic ring is 1. The number of ether oxygens (including phenoxy) is 1. The lowest BCUT2D eigenvalue weighted by atomic mass is 10.1. The van der Waals surface area contributed by atoms with Gasteiger partial charge in [-0.25, -0.2) is 15.0 Å². The summed E-state index contributed by atoms with van der Waals surface area (Å²) in [4.78, 5) is 12.7. The van der Waals surface area contributed by atoms with Crippen LogP contribution in [0.15, 0.2) is 30.6 Å². The third-order valence-corrected chi connectivity index (χ3v) is 5.29. The fourth-order valence-corrected chi connectivity index (χ4v) is 3.56. The molecule has 0 unspecified atom stereocenters. The van der Waals surface area contributed by atoms with E-state index < -0.39 is 31.1 Å². The van der Waals surface area contributed by atoms with Gasteiger partial charge in [-0.2, -0.15) is 0 Å². The van der Waals surface area contributed by atoms with Crippen LogP contribution in [0.4, 0.5) is 5.82 Å². The van der Waals surface area contributed by atoms with E-state index >= 15 is 0 Å². The van der Waals surface area contributed by atoms with Crippen molar-refractivity contribution < 1.29 is 20.1 Å². The second-order valence-electron chi connectivity index (χ2n) is 6.88. The van der Waals surface area contributed by atoms with Gasteiger partial charge < -0.3 is 25.8 Å². The molecule has 156 valence electrons. The summed E-state index contributed by atoms with van der Waals surface area (Å²) >= 11 is 6.15. The highest BCUT2D eigenvalue weighted by Gasteiger charge is 2.44. The predicted octanol–water partition coefficient (Wildman–Crippen LogP) is 0.658. The Morgan fingerprint density at radius 2 is 2.00 bits per heavy atom. The average molecular weight is 430 g/mol. The zero-order valence-corrected chi connectivity index (χ0v) is 16.6. The maximum atomic E-state index is 10.3. The second-order valence-corrected chi connectivity index (χ2v) is 7.29. The molecule has 0 spiro atoms. The van der Waals surface area contributed by atoms with Crippen LogP contribution < -0.4 is 5.73 Å². The molecular formula is C20H20ClN5O4. The molecule has 0 radical (unpaired) electrons. The van der Waals surface area contributed by atoms with Gasteiger partial charge in [-0.15, -0.1) is 0 Å². The van der Waals surface area contributed by atoms with Crippen molar-refractivity contribution in [3.8, 4) is 11.8 Å². The maximum Gasteiger partial charge on any atom is 0.208 e. The number of nitrogens with two attached hydrogens (primary N) is 1. The molecule has 0 saturated carbocycles. The quantitative estimate of drug-likeness (QED) is 0.443. The first kappa shape index (κ1) is 20.5. The van der Waals surface area contributed by atoms with E-state index in [0.717, 1.165) is 5.56 Å². The number of aliphatic hydroxyl groups is 3. The summed E-state index contributed by atoms with van der Waals surface area (Å²) in [6.07, 6.45) is -1.75. The number of aromatic nitrogens is 4. The SMILES string of the molecule is Nc1nc(C#CCCc2ccccc2Cl)nc2c1ncn2[C@@H]1O[C@H](CO)[C@@H](O)[C@H]1O. The Bertz CT molecular complexity index is 1130. The zero-order valence-electron chi connectivity index (χ0n) is 15.8. The first-order valence-electron chi connectivity index (χ1n) is 9.34. The Morgan fingerprint density at radius 1 is 1.20 bits per heavy atom. The van der Waals surface area contributed by atoms with Crippen LogP contribution in [0.25, 0.3) is 11.2 Å². The Kier molecular flexibility index (Phi) is 5.85. The van der Waals surface area contributed by atoms with Crippen molar-refractivity contribution in [1.82, 2.24) is 19.5 Å². The Hall–Kier alpha value is -2.74. The molecule has 0 amide bonds. The normalized spacial score (nSPS) is 23.5. The summed E-state index contributed by atoms with van der Waals surface area (Å²) in [5.74, 6) is 6.24. The van der Waals surface area contributed by atoms with Gasteiger partial charge in [-0.3, -0.25) is 4.57 Å². The molecule has 0 aliphatic carbocycles. The van der Waals surface area contributed by atoms with E-state index in [-0.39, 0.29) is 11.6 Å². The lowest BCUT2D eigenvalue weighted by Crippen LogP contribution is -2.33. The first-order valence-corrected chi connectivity index (χ1v) is 9.72. The highest BCUT2D eigenvalue weighted by atomic mass is 35.5. The molecule has 4 rings (SSSR count). The minimum Gasteiger partial charge on any atom is -0.394 e. The lowest BCUT2D eigenvalue weighted by Gasteiger charge is -2.16. The van der Waals surface area contributed by atoms with Gasteiger partial charge in [0.1, 0.15) is 23.8 Å². The third kappa shape index (κ3) is 3.84. The third-order valence-electron chi connectivity index (χ3n) is 4.92. The number of hydrogen-bond acceptors (Lipinski definition) is 8. The van der Waals surface area contributed by atoms with Crippen LogP contribution in [-0.2, 0) is 11.2 Å². The zero-order chi connectivity index (χ0) is 21.3. The first-order chi connectivity index (χ1) is 14.5. The number of benzene rings is 1. The topological polar surface area (TPSA) is 140 Å². The summed E-state index contributed by atoms with van der Waals surface area (Å²) in [6, 6.07) is 7.58. The minimum absolute atomic E-state index is 0.140. The van der Waals surface area contributed by atoms with E-state index in [4.69, 9.17) is 22.1 Å². The number of aryl methyl sites for hydroxylation is 1. The number of nitrogens with zero attached hydrogens (tertiary/aromatic N) is 4. The van der Waals surface area contributed by atoms with Crippen molar-refractivity contribution in [2.45, 2.75) is 37.4 Å². The number of aliphatic hydroxyl groups excluding tert-OH is 3. The molecule has 5 N–H and O–H groups in total. The van der Waals surface area contributed by atoms with Crippen LogP contribution in [0.3, 0.4) is 0 Å². The summed E-state index contributed by atoms with van der Waals surface area (Å²) in [5, 5.41) is 30.3. The molecule has 4 atom stereocenters. The largest absolute Gasteiger partial charge is 0.394 e. The molecule has 3 heterocycles.